The summed E-state index contributed by atoms with van der Waals surface area (Å²) in [7, 11) is 1.36. The van der Waals surface area contributed by atoms with Crippen LogP contribution in [0.25, 0.3) is 0 Å². The molecule has 2 amide bonds. The zero-order valence-corrected chi connectivity index (χ0v) is 16.0. The van der Waals surface area contributed by atoms with Crippen molar-refractivity contribution in [3.05, 3.63) is 34.9 Å². The van der Waals surface area contributed by atoms with Crippen LogP contribution >= 0.6 is 0 Å². The highest BCUT2D eigenvalue weighted by Crippen LogP contribution is 2.58. The largest absolute Gasteiger partial charge is 0.453 e. The molecule has 26 heavy (non-hydrogen) atoms. The monoisotopic (exact) mass is 356 g/mol. The Hall–Kier alpha value is -2.04. The molecule has 5 heteroatoms. The Morgan fingerprint density at radius 3 is 2.38 bits per heavy atom. The van der Waals surface area contributed by atoms with Crippen LogP contribution in [-0.2, 0) is 9.53 Å². The van der Waals surface area contributed by atoms with Crippen molar-refractivity contribution in [2.45, 2.75) is 45.1 Å². The predicted octanol–water partition coefficient (Wildman–Crippen LogP) is 3.00. The number of methoxy groups -OCH3 is 1. The Morgan fingerprint density at radius 2 is 1.81 bits per heavy atom. The van der Waals surface area contributed by atoms with E-state index in [1.54, 1.807) is 0 Å². The van der Waals surface area contributed by atoms with Gasteiger partial charge < -0.3 is 15.0 Å². The normalized spacial score (nSPS) is 34.7. The van der Waals surface area contributed by atoms with Gasteiger partial charge in [-0.25, -0.2) is 4.79 Å². The summed E-state index contributed by atoms with van der Waals surface area (Å²) in [4.78, 5) is 26.2. The molecule has 1 aromatic rings. The van der Waals surface area contributed by atoms with Crippen molar-refractivity contribution in [2.24, 2.45) is 17.8 Å². The number of nitrogens with one attached hydrogen (secondary N) is 1. The van der Waals surface area contributed by atoms with Crippen LogP contribution in [-0.4, -0.2) is 42.6 Å². The molecule has 0 radical (unpaired) electrons. The molecular weight excluding hydrogens is 328 g/mol. The van der Waals surface area contributed by atoms with Gasteiger partial charge in [0.05, 0.1) is 7.11 Å². The average Bonchev–Trinajstić information content (AvgIpc) is 3.07. The summed E-state index contributed by atoms with van der Waals surface area (Å²) in [5, 5.41) is 2.84. The van der Waals surface area contributed by atoms with Crippen LogP contribution in [0.1, 0.15) is 42.4 Å². The van der Waals surface area contributed by atoms with Gasteiger partial charge in [0.2, 0.25) is 5.91 Å². The van der Waals surface area contributed by atoms with E-state index in [9.17, 15) is 9.59 Å². The maximum absolute atomic E-state index is 12.8. The van der Waals surface area contributed by atoms with Gasteiger partial charge in [0.15, 0.2) is 0 Å². The van der Waals surface area contributed by atoms with Gasteiger partial charge in [-0.05, 0) is 68.1 Å². The zero-order chi connectivity index (χ0) is 18.6. The van der Waals surface area contributed by atoms with E-state index in [2.05, 4.69) is 47.0 Å². The van der Waals surface area contributed by atoms with E-state index in [1.165, 1.54) is 23.8 Å². The molecule has 1 heterocycles. The van der Waals surface area contributed by atoms with Crippen LogP contribution in [0.5, 0.6) is 0 Å². The molecule has 0 aromatic heterocycles. The average molecular weight is 356 g/mol. The molecule has 4 rings (SSSR count). The molecule has 0 spiro atoms. The molecule has 5 nitrogen and oxygen atoms in total. The molecule has 140 valence electrons. The van der Waals surface area contributed by atoms with E-state index in [0.717, 1.165) is 13.1 Å². The molecular formula is C21H28N2O3. The summed E-state index contributed by atoms with van der Waals surface area (Å²) >= 11 is 0. The summed E-state index contributed by atoms with van der Waals surface area (Å²) in [6.07, 6.45) is 0.984. The maximum Gasteiger partial charge on any atom is 0.407 e. The lowest BCUT2D eigenvalue weighted by Crippen LogP contribution is -2.58. The number of benzene rings is 1. The first-order valence-corrected chi connectivity index (χ1v) is 9.53. The molecule has 0 bridgehead atoms. The lowest BCUT2D eigenvalue weighted by molar-refractivity contribution is -0.140. The number of likely N-dealkylation sites (tertiary alicyclic amines) is 1. The number of ether oxygens (including phenoxy) is 1. The number of hydrogen-bond donors (Lipinski definition) is 1. The van der Waals surface area contributed by atoms with Gasteiger partial charge in [-0.2, -0.15) is 0 Å². The highest BCUT2D eigenvalue weighted by atomic mass is 16.5. The molecule has 3 atom stereocenters. The minimum absolute atomic E-state index is 0.0368. The number of amides is 2. The number of carbonyl (C=O) groups is 2. The standard InChI is InChI=1S/C21H28N2O3/c1-12-5-6-14(7-13(12)2)18-16-10-23(11-17(16)18)19(24)15-8-21(3,9-15)22-20(25)26-4/h5-7,15-18H,8-11H2,1-4H3,(H,22,25)/t15?,16-,17+,18?,21?. The molecule has 1 aromatic carbocycles. The second kappa shape index (κ2) is 6.00. The summed E-state index contributed by atoms with van der Waals surface area (Å²) in [6.45, 7) is 8.07. The number of carbonyl (C=O) groups excluding carboxylic acids is 2. The SMILES string of the molecule is COC(=O)NC1(C)CC(C(=O)N2C[C@@H]3C(c4ccc(C)c(C)c4)[C@@H]3C2)C1. The minimum Gasteiger partial charge on any atom is -0.453 e. The number of fused-ring (bicyclic) bond motifs is 1. The fourth-order valence-electron chi connectivity index (χ4n) is 5.03. The number of aryl methyl sites for hydroxylation is 2. The van der Waals surface area contributed by atoms with Crippen LogP contribution in [0, 0.1) is 31.6 Å². The van der Waals surface area contributed by atoms with Crippen LogP contribution in [0.4, 0.5) is 4.79 Å². The lowest BCUT2D eigenvalue weighted by Gasteiger charge is -2.45. The van der Waals surface area contributed by atoms with Gasteiger partial charge >= 0.3 is 6.09 Å². The highest BCUT2D eigenvalue weighted by molar-refractivity contribution is 5.81. The number of alkyl carbamates (subject to hydrolysis) is 1. The van der Waals surface area contributed by atoms with Crippen LogP contribution < -0.4 is 5.32 Å². The van der Waals surface area contributed by atoms with Crippen molar-refractivity contribution < 1.29 is 14.3 Å². The number of rotatable bonds is 3. The van der Waals surface area contributed by atoms with Gasteiger partial charge in [-0.3, -0.25) is 4.79 Å². The highest BCUT2D eigenvalue weighted by Gasteiger charge is 2.58. The first-order valence-electron chi connectivity index (χ1n) is 9.53. The van der Waals surface area contributed by atoms with Gasteiger partial charge in [0, 0.05) is 24.5 Å². The number of hydrogen-bond acceptors (Lipinski definition) is 3. The van der Waals surface area contributed by atoms with Gasteiger partial charge in [-0.1, -0.05) is 18.2 Å². The molecule has 1 N–H and O–H groups in total. The quantitative estimate of drug-likeness (QED) is 0.906. The zero-order valence-electron chi connectivity index (χ0n) is 16.0. The third-order valence-corrected chi connectivity index (χ3v) is 6.75. The molecule has 1 unspecified atom stereocenters. The van der Waals surface area contributed by atoms with Crippen molar-refractivity contribution in [2.75, 3.05) is 20.2 Å². The van der Waals surface area contributed by atoms with Crippen molar-refractivity contribution >= 4 is 12.0 Å². The summed E-state index contributed by atoms with van der Waals surface area (Å²) in [6, 6.07) is 6.79. The van der Waals surface area contributed by atoms with E-state index >= 15 is 0 Å². The third-order valence-electron chi connectivity index (χ3n) is 6.75. The Bertz CT molecular complexity index is 742. The first-order chi connectivity index (χ1) is 12.3. The van der Waals surface area contributed by atoms with Crippen molar-refractivity contribution in [1.82, 2.24) is 10.2 Å². The maximum atomic E-state index is 12.8. The summed E-state index contributed by atoms with van der Waals surface area (Å²) in [5.74, 6) is 2.18. The van der Waals surface area contributed by atoms with Gasteiger partial charge in [-0.15, -0.1) is 0 Å². The molecule has 1 saturated heterocycles. The van der Waals surface area contributed by atoms with Crippen LogP contribution in [0.2, 0.25) is 0 Å². The number of nitrogens with zero attached hydrogens (tertiary/aromatic N) is 1. The van der Waals surface area contributed by atoms with E-state index in [1.807, 2.05) is 6.92 Å². The molecule has 3 fully saturated rings. The fraction of sp³-hybridized carbons (Fsp3) is 0.619. The van der Waals surface area contributed by atoms with Gasteiger partial charge in [0.25, 0.3) is 0 Å². The predicted molar refractivity (Wildman–Crippen MR) is 98.9 cm³/mol. The second-order valence-corrected chi connectivity index (χ2v) is 8.72. The summed E-state index contributed by atoms with van der Waals surface area (Å²) in [5.41, 5.74) is 3.82. The van der Waals surface area contributed by atoms with Crippen molar-refractivity contribution in [3.63, 3.8) is 0 Å². The lowest BCUT2D eigenvalue weighted by atomic mass is 9.69. The van der Waals surface area contributed by atoms with Crippen LogP contribution in [0.3, 0.4) is 0 Å². The Labute approximate surface area is 155 Å². The second-order valence-electron chi connectivity index (χ2n) is 8.72. The Kier molecular flexibility index (Phi) is 4.01. The minimum atomic E-state index is -0.419. The molecule has 3 aliphatic rings. The van der Waals surface area contributed by atoms with Crippen LogP contribution in [0.15, 0.2) is 18.2 Å². The summed E-state index contributed by atoms with van der Waals surface area (Å²) < 4.78 is 4.66. The van der Waals surface area contributed by atoms with Gasteiger partial charge in [0.1, 0.15) is 0 Å². The smallest absolute Gasteiger partial charge is 0.407 e. The third kappa shape index (κ3) is 2.87. The molecule has 2 aliphatic carbocycles. The topological polar surface area (TPSA) is 58.6 Å². The van der Waals surface area contributed by atoms with E-state index in [4.69, 9.17) is 0 Å². The van der Waals surface area contributed by atoms with E-state index in [-0.39, 0.29) is 17.4 Å². The molecule has 2 saturated carbocycles. The Balaban J connectivity index is 1.30. The number of piperidine rings is 1. The molecule has 1 aliphatic heterocycles. The van der Waals surface area contributed by atoms with E-state index in [0.29, 0.717) is 30.6 Å². The van der Waals surface area contributed by atoms with Crippen molar-refractivity contribution in [3.8, 4) is 0 Å². The fourth-order valence-corrected chi connectivity index (χ4v) is 5.03. The van der Waals surface area contributed by atoms with E-state index < -0.39 is 6.09 Å². The first kappa shape index (κ1) is 17.4. The Morgan fingerprint density at radius 1 is 1.15 bits per heavy atom. The van der Waals surface area contributed by atoms with Crippen molar-refractivity contribution in [1.29, 1.82) is 0 Å².